The van der Waals surface area contributed by atoms with E-state index in [1.165, 1.54) is 12.0 Å². The summed E-state index contributed by atoms with van der Waals surface area (Å²) in [4.78, 5) is 0. The van der Waals surface area contributed by atoms with Crippen molar-refractivity contribution < 1.29 is 9.47 Å². The average Bonchev–Trinajstić information content (AvgIpc) is 2.47. The van der Waals surface area contributed by atoms with Gasteiger partial charge in [-0.2, -0.15) is 0 Å². The minimum Gasteiger partial charge on any atom is -0.497 e. The Labute approximate surface area is 123 Å². The van der Waals surface area contributed by atoms with Gasteiger partial charge in [0.05, 0.1) is 7.11 Å². The van der Waals surface area contributed by atoms with E-state index >= 15 is 0 Å². The lowest BCUT2D eigenvalue weighted by Gasteiger charge is -2.24. The molecule has 1 N–H and O–H groups in total. The molecule has 1 aromatic rings. The SMILES string of the molecule is CCCNCC(Cc1ccc(OC)cc1)C(C)COC. The summed E-state index contributed by atoms with van der Waals surface area (Å²) in [6, 6.07) is 8.38. The first-order valence-corrected chi connectivity index (χ1v) is 7.53. The first kappa shape index (κ1) is 17.0. The number of hydrogen-bond acceptors (Lipinski definition) is 3. The average molecular weight is 279 g/mol. The second-order valence-corrected chi connectivity index (χ2v) is 5.45. The molecular weight excluding hydrogens is 250 g/mol. The van der Waals surface area contributed by atoms with Crippen molar-refractivity contribution in [2.75, 3.05) is 33.9 Å². The highest BCUT2D eigenvalue weighted by Crippen LogP contribution is 2.19. The van der Waals surface area contributed by atoms with Gasteiger partial charge in [-0.1, -0.05) is 26.0 Å². The molecule has 3 nitrogen and oxygen atoms in total. The van der Waals surface area contributed by atoms with Crippen LogP contribution in [0.2, 0.25) is 0 Å². The fourth-order valence-corrected chi connectivity index (χ4v) is 2.40. The summed E-state index contributed by atoms with van der Waals surface area (Å²) in [6.07, 6.45) is 2.25. The molecule has 0 saturated carbocycles. The second kappa shape index (κ2) is 9.78. The highest BCUT2D eigenvalue weighted by molar-refractivity contribution is 5.27. The van der Waals surface area contributed by atoms with Gasteiger partial charge >= 0.3 is 0 Å². The van der Waals surface area contributed by atoms with Gasteiger partial charge in [0.1, 0.15) is 5.75 Å². The zero-order chi connectivity index (χ0) is 14.8. The number of benzene rings is 1. The lowest BCUT2D eigenvalue weighted by molar-refractivity contribution is 0.128. The van der Waals surface area contributed by atoms with Gasteiger partial charge in [-0.25, -0.2) is 0 Å². The van der Waals surface area contributed by atoms with E-state index in [1.54, 1.807) is 14.2 Å². The van der Waals surface area contributed by atoms with Crippen LogP contribution in [0.25, 0.3) is 0 Å². The summed E-state index contributed by atoms with van der Waals surface area (Å²) in [5.41, 5.74) is 1.36. The maximum Gasteiger partial charge on any atom is 0.118 e. The third-order valence-electron chi connectivity index (χ3n) is 3.72. The second-order valence-electron chi connectivity index (χ2n) is 5.45. The molecule has 0 heterocycles. The largest absolute Gasteiger partial charge is 0.497 e. The van der Waals surface area contributed by atoms with Crippen LogP contribution < -0.4 is 10.1 Å². The van der Waals surface area contributed by atoms with Gasteiger partial charge in [0.2, 0.25) is 0 Å². The van der Waals surface area contributed by atoms with Crippen LogP contribution in [0, 0.1) is 11.8 Å². The third kappa shape index (κ3) is 5.93. The Morgan fingerprint density at radius 1 is 1.15 bits per heavy atom. The first-order chi connectivity index (χ1) is 9.71. The van der Waals surface area contributed by atoms with Gasteiger partial charge in [0.25, 0.3) is 0 Å². The predicted molar refractivity (Wildman–Crippen MR) is 84.4 cm³/mol. The minimum absolute atomic E-state index is 0.548. The third-order valence-corrected chi connectivity index (χ3v) is 3.72. The molecule has 0 aliphatic carbocycles. The van der Waals surface area contributed by atoms with E-state index < -0.39 is 0 Å². The van der Waals surface area contributed by atoms with Crippen LogP contribution in [0.4, 0.5) is 0 Å². The van der Waals surface area contributed by atoms with Crippen LogP contribution in [0.3, 0.4) is 0 Å². The maximum atomic E-state index is 5.32. The molecule has 0 bridgehead atoms. The van der Waals surface area contributed by atoms with E-state index in [-0.39, 0.29) is 0 Å². The first-order valence-electron chi connectivity index (χ1n) is 7.53. The van der Waals surface area contributed by atoms with E-state index in [2.05, 4.69) is 31.3 Å². The van der Waals surface area contributed by atoms with Crippen molar-refractivity contribution in [3.8, 4) is 5.75 Å². The van der Waals surface area contributed by atoms with Crippen molar-refractivity contribution in [1.29, 1.82) is 0 Å². The van der Waals surface area contributed by atoms with Gasteiger partial charge in [0.15, 0.2) is 0 Å². The van der Waals surface area contributed by atoms with E-state index in [9.17, 15) is 0 Å². The zero-order valence-corrected chi connectivity index (χ0v) is 13.3. The van der Waals surface area contributed by atoms with Crippen LogP contribution >= 0.6 is 0 Å². The van der Waals surface area contributed by atoms with Crippen LogP contribution in [-0.4, -0.2) is 33.9 Å². The summed E-state index contributed by atoms with van der Waals surface area (Å²) >= 11 is 0. The molecule has 0 aliphatic rings. The summed E-state index contributed by atoms with van der Waals surface area (Å²) in [6.45, 7) is 7.41. The summed E-state index contributed by atoms with van der Waals surface area (Å²) < 4.78 is 10.5. The predicted octanol–water partition coefficient (Wildman–Crippen LogP) is 3.14. The van der Waals surface area contributed by atoms with Gasteiger partial charge < -0.3 is 14.8 Å². The summed E-state index contributed by atoms with van der Waals surface area (Å²) in [5.74, 6) is 2.06. The topological polar surface area (TPSA) is 30.5 Å². The molecule has 1 rings (SSSR count). The van der Waals surface area contributed by atoms with Crippen LogP contribution in [0.5, 0.6) is 5.75 Å². The van der Waals surface area contributed by atoms with Gasteiger partial charge in [-0.15, -0.1) is 0 Å². The summed E-state index contributed by atoms with van der Waals surface area (Å²) in [5, 5.41) is 3.54. The zero-order valence-electron chi connectivity index (χ0n) is 13.3. The Kier molecular flexibility index (Phi) is 8.31. The monoisotopic (exact) mass is 279 g/mol. The molecule has 3 heteroatoms. The minimum atomic E-state index is 0.548. The van der Waals surface area contributed by atoms with E-state index in [0.29, 0.717) is 11.8 Å². The lowest BCUT2D eigenvalue weighted by atomic mass is 9.88. The molecule has 0 saturated heterocycles. The molecule has 0 aromatic heterocycles. The van der Waals surface area contributed by atoms with Gasteiger partial charge in [-0.3, -0.25) is 0 Å². The highest BCUT2D eigenvalue weighted by Gasteiger charge is 2.17. The van der Waals surface area contributed by atoms with Gasteiger partial charge in [-0.05, 0) is 55.5 Å². The lowest BCUT2D eigenvalue weighted by Crippen LogP contribution is -2.31. The van der Waals surface area contributed by atoms with Crippen molar-refractivity contribution in [1.82, 2.24) is 5.32 Å². The standard InChI is InChI=1S/C17H29NO2/c1-5-10-18-12-16(14(2)13-19-3)11-15-6-8-17(20-4)9-7-15/h6-9,14,16,18H,5,10-13H2,1-4H3. The number of rotatable bonds is 10. The fraction of sp³-hybridized carbons (Fsp3) is 0.647. The normalized spacial score (nSPS) is 14.0. The van der Waals surface area contributed by atoms with E-state index in [1.807, 2.05) is 12.1 Å². The van der Waals surface area contributed by atoms with Crippen LogP contribution in [0.1, 0.15) is 25.8 Å². The molecule has 20 heavy (non-hydrogen) atoms. The molecular formula is C17H29NO2. The molecule has 0 radical (unpaired) electrons. The van der Waals surface area contributed by atoms with Crippen LogP contribution in [-0.2, 0) is 11.2 Å². The Bertz CT molecular complexity index is 351. The molecule has 0 amide bonds. The number of methoxy groups -OCH3 is 2. The van der Waals surface area contributed by atoms with Crippen molar-refractivity contribution in [3.63, 3.8) is 0 Å². The molecule has 114 valence electrons. The van der Waals surface area contributed by atoms with Crippen LogP contribution in [0.15, 0.2) is 24.3 Å². The molecule has 0 aliphatic heterocycles. The molecule has 0 spiro atoms. The quantitative estimate of drug-likeness (QED) is 0.667. The molecule has 0 fully saturated rings. The molecule has 1 aromatic carbocycles. The Balaban J connectivity index is 2.60. The number of hydrogen-bond donors (Lipinski definition) is 1. The number of ether oxygens (including phenoxy) is 2. The van der Waals surface area contributed by atoms with Crippen molar-refractivity contribution in [2.45, 2.75) is 26.7 Å². The van der Waals surface area contributed by atoms with Crippen molar-refractivity contribution >= 4 is 0 Å². The maximum absolute atomic E-state index is 5.32. The summed E-state index contributed by atoms with van der Waals surface area (Å²) in [7, 11) is 3.48. The Morgan fingerprint density at radius 2 is 1.85 bits per heavy atom. The van der Waals surface area contributed by atoms with Crippen molar-refractivity contribution in [3.05, 3.63) is 29.8 Å². The Hall–Kier alpha value is -1.06. The van der Waals surface area contributed by atoms with Crippen molar-refractivity contribution in [2.24, 2.45) is 11.8 Å². The fourth-order valence-electron chi connectivity index (χ4n) is 2.40. The number of nitrogens with one attached hydrogen (secondary N) is 1. The van der Waals surface area contributed by atoms with E-state index in [0.717, 1.165) is 31.9 Å². The molecule has 2 atom stereocenters. The van der Waals surface area contributed by atoms with E-state index in [4.69, 9.17) is 9.47 Å². The molecule has 2 unspecified atom stereocenters. The highest BCUT2D eigenvalue weighted by atomic mass is 16.5. The smallest absolute Gasteiger partial charge is 0.118 e. The van der Waals surface area contributed by atoms with Gasteiger partial charge in [0, 0.05) is 13.7 Å². The Morgan fingerprint density at radius 3 is 2.40 bits per heavy atom.